The lowest BCUT2D eigenvalue weighted by Gasteiger charge is -2.55. The molecule has 5 nitrogen and oxygen atoms in total. The first kappa shape index (κ1) is 20.4. The molecule has 2 aliphatic carbocycles. The predicted molar refractivity (Wildman–Crippen MR) is 119 cm³/mol. The Kier molecular flexibility index (Phi) is 5.61. The van der Waals surface area contributed by atoms with E-state index in [0.29, 0.717) is 29.6 Å². The van der Waals surface area contributed by atoms with Crippen molar-refractivity contribution < 1.29 is 9.72 Å². The Bertz CT molecular complexity index is 960. The van der Waals surface area contributed by atoms with Crippen molar-refractivity contribution >= 4 is 11.5 Å². The Balaban J connectivity index is 1.37. The van der Waals surface area contributed by atoms with E-state index in [2.05, 4.69) is 29.2 Å². The number of likely N-dealkylation sites (tertiary alicyclic amines) is 1. The van der Waals surface area contributed by atoms with Gasteiger partial charge in [-0.3, -0.25) is 19.8 Å². The lowest BCUT2D eigenvalue weighted by atomic mass is 9.55. The fraction of sp³-hybridized carbons (Fsp3) is 0.500. The lowest BCUT2D eigenvalue weighted by Crippen LogP contribution is -2.57. The molecule has 0 N–H and O–H groups in total. The summed E-state index contributed by atoms with van der Waals surface area (Å²) in [6, 6.07) is 18.0. The summed E-state index contributed by atoms with van der Waals surface area (Å²) >= 11 is 0. The first-order valence-corrected chi connectivity index (χ1v) is 11.6. The molecule has 0 radical (unpaired) electrons. The summed E-state index contributed by atoms with van der Waals surface area (Å²) in [7, 11) is 0. The molecule has 5 atom stereocenters. The van der Waals surface area contributed by atoms with Gasteiger partial charge in [0.2, 0.25) is 0 Å². The zero-order chi connectivity index (χ0) is 21.4. The second kappa shape index (κ2) is 8.54. The van der Waals surface area contributed by atoms with Crippen molar-refractivity contribution in [2.45, 2.75) is 51.1 Å². The van der Waals surface area contributed by atoms with Crippen LogP contribution in [0.4, 0.5) is 5.69 Å². The van der Waals surface area contributed by atoms with E-state index >= 15 is 0 Å². The SMILES string of the molecule is O=C1C[C@H]2CCN(Cc3cccc([N+](=O)[O-])c3)[C@H]3CCC[C@H]([C@H]23)[C@@H]1Cc1ccccc1. The third-order valence-electron chi connectivity index (χ3n) is 7.98. The maximum Gasteiger partial charge on any atom is 0.269 e. The number of non-ortho nitro benzene ring substituents is 1. The minimum atomic E-state index is -0.312. The summed E-state index contributed by atoms with van der Waals surface area (Å²) in [5, 5.41) is 11.2. The van der Waals surface area contributed by atoms with E-state index in [0.717, 1.165) is 44.3 Å². The number of nitro benzene ring substituents is 1. The monoisotopic (exact) mass is 418 g/mol. The molecule has 0 amide bonds. The van der Waals surface area contributed by atoms with Crippen LogP contribution in [0.15, 0.2) is 54.6 Å². The van der Waals surface area contributed by atoms with Gasteiger partial charge in [0.05, 0.1) is 4.92 Å². The number of nitrogens with zero attached hydrogens (tertiary/aromatic N) is 2. The van der Waals surface area contributed by atoms with Crippen LogP contribution in [0.1, 0.15) is 43.2 Å². The molecule has 0 unspecified atom stereocenters. The van der Waals surface area contributed by atoms with Crippen LogP contribution in [0.5, 0.6) is 0 Å². The van der Waals surface area contributed by atoms with Crippen LogP contribution >= 0.6 is 0 Å². The van der Waals surface area contributed by atoms with Crippen LogP contribution in [-0.4, -0.2) is 28.2 Å². The van der Waals surface area contributed by atoms with Gasteiger partial charge in [-0.2, -0.15) is 0 Å². The minimum Gasteiger partial charge on any atom is -0.299 e. The summed E-state index contributed by atoms with van der Waals surface area (Å²) in [6.07, 6.45) is 6.17. The molecule has 1 saturated heterocycles. The van der Waals surface area contributed by atoms with Crippen LogP contribution in [0.3, 0.4) is 0 Å². The van der Waals surface area contributed by atoms with Crippen molar-refractivity contribution in [1.82, 2.24) is 4.90 Å². The molecule has 5 rings (SSSR count). The van der Waals surface area contributed by atoms with Crippen molar-refractivity contribution in [3.8, 4) is 0 Å². The van der Waals surface area contributed by atoms with Crippen LogP contribution in [0, 0.1) is 33.8 Å². The number of carbonyl (C=O) groups excluding carboxylic acids is 1. The second-order valence-electron chi connectivity index (χ2n) is 9.65. The number of Topliss-reactive ketones (excluding diaryl/α,β-unsaturated/α-hetero) is 1. The molecule has 31 heavy (non-hydrogen) atoms. The number of hydrogen-bond acceptors (Lipinski definition) is 4. The van der Waals surface area contributed by atoms with Gasteiger partial charge in [-0.25, -0.2) is 0 Å². The van der Waals surface area contributed by atoms with E-state index in [1.54, 1.807) is 18.2 Å². The fourth-order valence-corrected chi connectivity index (χ4v) is 6.70. The Morgan fingerprint density at radius 1 is 1.00 bits per heavy atom. The van der Waals surface area contributed by atoms with Gasteiger partial charge in [-0.15, -0.1) is 0 Å². The van der Waals surface area contributed by atoms with Gasteiger partial charge >= 0.3 is 0 Å². The van der Waals surface area contributed by atoms with Crippen LogP contribution in [-0.2, 0) is 17.8 Å². The number of nitro groups is 1. The molecule has 0 bridgehead atoms. The fourth-order valence-electron chi connectivity index (χ4n) is 6.70. The normalized spacial score (nSPS) is 30.6. The van der Waals surface area contributed by atoms with Crippen LogP contribution < -0.4 is 0 Å². The third kappa shape index (κ3) is 4.03. The molecule has 5 heteroatoms. The lowest BCUT2D eigenvalue weighted by molar-refractivity contribution is -0.384. The molecule has 0 aromatic heterocycles. The Morgan fingerprint density at radius 2 is 1.81 bits per heavy atom. The highest BCUT2D eigenvalue weighted by Crippen LogP contribution is 2.51. The van der Waals surface area contributed by atoms with E-state index in [1.165, 1.54) is 18.4 Å². The van der Waals surface area contributed by atoms with E-state index in [-0.39, 0.29) is 16.5 Å². The largest absolute Gasteiger partial charge is 0.299 e. The molecular weight excluding hydrogens is 388 g/mol. The molecule has 3 aliphatic rings. The van der Waals surface area contributed by atoms with Crippen molar-refractivity contribution in [2.24, 2.45) is 23.7 Å². The maximum absolute atomic E-state index is 13.2. The standard InChI is InChI=1S/C26H30N2O3/c29-25-16-20-12-13-27(17-19-8-4-9-21(14-19)28(30)31)24-11-5-10-22(26(20)24)23(25)15-18-6-2-1-3-7-18/h1-4,6-9,14,20,22-24,26H,5,10-13,15-17H2/t20-,22+,23+,24+,26+/m1/s1. The summed E-state index contributed by atoms with van der Waals surface area (Å²) < 4.78 is 0. The highest BCUT2D eigenvalue weighted by molar-refractivity contribution is 5.83. The first-order chi connectivity index (χ1) is 15.1. The molecule has 2 aromatic rings. The quantitative estimate of drug-likeness (QED) is 0.504. The maximum atomic E-state index is 13.2. The average Bonchev–Trinajstić information content (AvgIpc) is 2.79. The Hall–Kier alpha value is -2.53. The van der Waals surface area contributed by atoms with E-state index in [9.17, 15) is 14.9 Å². The van der Waals surface area contributed by atoms with Gasteiger partial charge in [0.15, 0.2) is 0 Å². The van der Waals surface area contributed by atoms with Gasteiger partial charge in [0.25, 0.3) is 5.69 Å². The van der Waals surface area contributed by atoms with Gasteiger partial charge in [0.1, 0.15) is 5.78 Å². The van der Waals surface area contributed by atoms with E-state index < -0.39 is 0 Å². The molecule has 1 aliphatic heterocycles. The zero-order valence-corrected chi connectivity index (χ0v) is 17.9. The van der Waals surface area contributed by atoms with E-state index in [1.807, 2.05) is 12.1 Å². The smallest absolute Gasteiger partial charge is 0.269 e. The van der Waals surface area contributed by atoms with Gasteiger partial charge < -0.3 is 0 Å². The van der Waals surface area contributed by atoms with Crippen molar-refractivity contribution in [3.63, 3.8) is 0 Å². The second-order valence-corrected chi connectivity index (χ2v) is 9.65. The molecule has 1 heterocycles. The Morgan fingerprint density at radius 3 is 2.61 bits per heavy atom. The Labute approximate surface area is 183 Å². The average molecular weight is 419 g/mol. The topological polar surface area (TPSA) is 63.5 Å². The number of rotatable bonds is 5. The highest BCUT2D eigenvalue weighted by atomic mass is 16.6. The van der Waals surface area contributed by atoms with E-state index in [4.69, 9.17) is 0 Å². The third-order valence-corrected chi connectivity index (χ3v) is 7.98. The molecule has 162 valence electrons. The summed E-state index contributed by atoms with van der Waals surface area (Å²) in [5.74, 6) is 2.18. The molecule has 2 saturated carbocycles. The molecule has 3 fully saturated rings. The summed E-state index contributed by atoms with van der Waals surface area (Å²) in [6.45, 7) is 1.75. The van der Waals surface area contributed by atoms with Gasteiger partial charge in [0, 0.05) is 37.1 Å². The van der Waals surface area contributed by atoms with Gasteiger partial charge in [-0.1, -0.05) is 48.9 Å². The first-order valence-electron chi connectivity index (χ1n) is 11.6. The zero-order valence-electron chi connectivity index (χ0n) is 17.9. The van der Waals surface area contributed by atoms with Crippen molar-refractivity contribution in [2.75, 3.05) is 6.54 Å². The van der Waals surface area contributed by atoms with Crippen LogP contribution in [0.25, 0.3) is 0 Å². The van der Waals surface area contributed by atoms with Gasteiger partial charge in [-0.05, 0) is 61.1 Å². The number of ketones is 1. The van der Waals surface area contributed by atoms with Crippen LogP contribution in [0.2, 0.25) is 0 Å². The number of benzene rings is 2. The number of carbonyl (C=O) groups is 1. The molecule has 2 aromatic carbocycles. The molecular formula is C26H30N2O3. The van der Waals surface area contributed by atoms with Crippen molar-refractivity contribution in [1.29, 1.82) is 0 Å². The number of piperidine rings is 1. The number of hydrogen-bond donors (Lipinski definition) is 0. The highest BCUT2D eigenvalue weighted by Gasteiger charge is 2.51. The summed E-state index contributed by atoms with van der Waals surface area (Å²) in [5.41, 5.74) is 2.45. The molecule has 0 spiro atoms. The summed E-state index contributed by atoms with van der Waals surface area (Å²) in [4.78, 5) is 26.6. The minimum absolute atomic E-state index is 0.143. The van der Waals surface area contributed by atoms with Crippen molar-refractivity contribution in [3.05, 3.63) is 75.8 Å². The predicted octanol–water partition coefficient (Wildman–Crippen LogP) is 5.03.